The third kappa shape index (κ3) is 2.71. The van der Waals surface area contributed by atoms with E-state index in [-0.39, 0.29) is 6.04 Å². The molecule has 1 amide bonds. The molecule has 1 N–H and O–H groups in total. The average Bonchev–Trinajstić information content (AvgIpc) is 1.87. The number of hydrogen-bond acceptors (Lipinski definition) is 1. The minimum absolute atomic E-state index is 0.141. The van der Waals surface area contributed by atoms with E-state index >= 15 is 0 Å². The van der Waals surface area contributed by atoms with Crippen LogP contribution in [0, 0.1) is 0 Å². The first-order chi connectivity index (χ1) is 4.59. The third-order valence-corrected chi connectivity index (χ3v) is 1.67. The molecule has 10 heavy (non-hydrogen) atoms. The summed E-state index contributed by atoms with van der Waals surface area (Å²) in [5.74, 6) is 0. The van der Waals surface area contributed by atoms with E-state index in [2.05, 4.69) is 0 Å². The second-order valence-corrected chi connectivity index (χ2v) is 2.53. The first-order valence-corrected chi connectivity index (χ1v) is 3.55. The van der Waals surface area contributed by atoms with Gasteiger partial charge in [0.25, 0.3) is 0 Å². The van der Waals surface area contributed by atoms with E-state index in [1.54, 1.807) is 7.05 Å². The summed E-state index contributed by atoms with van der Waals surface area (Å²) < 4.78 is 0. The van der Waals surface area contributed by atoms with Gasteiger partial charge in [0.15, 0.2) is 0 Å². The molecule has 0 aromatic rings. The van der Waals surface area contributed by atoms with Crippen LogP contribution in [-0.4, -0.2) is 29.2 Å². The second-order valence-electron chi connectivity index (χ2n) is 2.53. The molecule has 3 nitrogen and oxygen atoms in total. The van der Waals surface area contributed by atoms with Crippen molar-refractivity contribution in [1.82, 2.24) is 4.90 Å². The summed E-state index contributed by atoms with van der Waals surface area (Å²) in [6.07, 6.45) is 1.11. The highest BCUT2D eigenvalue weighted by Gasteiger charge is 2.11. The van der Waals surface area contributed by atoms with Crippen LogP contribution in [0.2, 0.25) is 0 Å². The lowest BCUT2D eigenvalue weighted by Gasteiger charge is -2.20. The van der Waals surface area contributed by atoms with E-state index in [1.807, 2.05) is 13.8 Å². The Bertz CT molecular complexity index is 114. The van der Waals surface area contributed by atoms with Gasteiger partial charge in [-0.3, -0.25) is 0 Å². The van der Waals surface area contributed by atoms with Gasteiger partial charge in [0.05, 0.1) is 0 Å². The van der Waals surface area contributed by atoms with Crippen LogP contribution in [-0.2, 0) is 0 Å². The fourth-order valence-electron chi connectivity index (χ4n) is 0.800. The molecule has 0 aromatic carbocycles. The molecular formula is C7H15NO2. The molecule has 0 spiro atoms. The maximum absolute atomic E-state index is 10.3. The molecule has 0 aliphatic rings. The van der Waals surface area contributed by atoms with E-state index in [0.29, 0.717) is 0 Å². The molecule has 60 valence electrons. The highest BCUT2D eigenvalue weighted by Crippen LogP contribution is 2.02. The van der Waals surface area contributed by atoms with Crippen LogP contribution in [0.1, 0.15) is 26.7 Å². The van der Waals surface area contributed by atoms with E-state index in [0.717, 1.165) is 12.8 Å². The van der Waals surface area contributed by atoms with Crippen molar-refractivity contribution < 1.29 is 9.90 Å². The molecular weight excluding hydrogens is 130 g/mol. The zero-order chi connectivity index (χ0) is 8.15. The van der Waals surface area contributed by atoms with Crippen molar-refractivity contribution in [2.45, 2.75) is 32.7 Å². The molecule has 0 saturated heterocycles. The van der Waals surface area contributed by atoms with E-state index in [4.69, 9.17) is 5.11 Å². The van der Waals surface area contributed by atoms with Crippen LogP contribution in [0.3, 0.4) is 0 Å². The molecule has 0 heterocycles. The Kier molecular flexibility index (Phi) is 3.84. The first-order valence-electron chi connectivity index (χ1n) is 3.55. The van der Waals surface area contributed by atoms with Gasteiger partial charge in [-0.25, -0.2) is 4.79 Å². The van der Waals surface area contributed by atoms with Crippen LogP contribution in [0.5, 0.6) is 0 Å². The van der Waals surface area contributed by atoms with Crippen molar-refractivity contribution in [3.05, 3.63) is 0 Å². The Morgan fingerprint density at radius 3 is 2.50 bits per heavy atom. The Morgan fingerprint density at radius 1 is 1.70 bits per heavy atom. The van der Waals surface area contributed by atoms with E-state index in [1.165, 1.54) is 4.90 Å². The summed E-state index contributed by atoms with van der Waals surface area (Å²) in [5, 5.41) is 8.50. The Labute approximate surface area is 61.6 Å². The van der Waals surface area contributed by atoms with Gasteiger partial charge in [-0.15, -0.1) is 0 Å². The molecule has 0 rings (SSSR count). The number of nitrogens with zero attached hydrogens (tertiary/aromatic N) is 1. The molecule has 0 aliphatic heterocycles. The summed E-state index contributed by atoms with van der Waals surface area (Å²) in [6.45, 7) is 3.96. The SMILES string of the molecule is CCCC(C)N(C)C(=O)O. The van der Waals surface area contributed by atoms with Crippen LogP contribution in [0.15, 0.2) is 0 Å². The molecule has 0 saturated carbocycles. The second kappa shape index (κ2) is 4.14. The molecule has 0 fully saturated rings. The van der Waals surface area contributed by atoms with Crippen molar-refractivity contribution in [2.24, 2.45) is 0 Å². The quantitative estimate of drug-likeness (QED) is 0.657. The highest BCUT2D eigenvalue weighted by atomic mass is 16.4. The molecule has 0 radical (unpaired) electrons. The fraction of sp³-hybridized carbons (Fsp3) is 0.857. The number of carbonyl (C=O) groups is 1. The highest BCUT2D eigenvalue weighted by molar-refractivity contribution is 5.64. The number of amides is 1. The molecule has 0 aromatic heterocycles. The normalized spacial score (nSPS) is 12.7. The Balaban J connectivity index is 3.69. The van der Waals surface area contributed by atoms with Crippen LogP contribution in [0.4, 0.5) is 4.79 Å². The summed E-state index contributed by atoms with van der Waals surface area (Å²) in [6, 6.07) is 0.141. The van der Waals surface area contributed by atoms with Gasteiger partial charge < -0.3 is 10.0 Å². The van der Waals surface area contributed by atoms with Crippen LogP contribution in [0.25, 0.3) is 0 Å². The smallest absolute Gasteiger partial charge is 0.407 e. The minimum atomic E-state index is -0.846. The van der Waals surface area contributed by atoms with Gasteiger partial charge in [0.2, 0.25) is 0 Å². The van der Waals surface area contributed by atoms with Gasteiger partial charge >= 0.3 is 6.09 Å². The van der Waals surface area contributed by atoms with Gasteiger partial charge in [0.1, 0.15) is 0 Å². The summed E-state index contributed by atoms with van der Waals surface area (Å²) in [5.41, 5.74) is 0. The fourth-order valence-corrected chi connectivity index (χ4v) is 0.800. The van der Waals surface area contributed by atoms with Gasteiger partial charge in [-0.05, 0) is 13.3 Å². The van der Waals surface area contributed by atoms with Gasteiger partial charge in [0, 0.05) is 13.1 Å². The van der Waals surface area contributed by atoms with Crippen molar-refractivity contribution in [1.29, 1.82) is 0 Å². The topological polar surface area (TPSA) is 40.5 Å². The summed E-state index contributed by atoms with van der Waals surface area (Å²) in [4.78, 5) is 11.7. The number of rotatable bonds is 3. The van der Waals surface area contributed by atoms with Gasteiger partial charge in [-0.2, -0.15) is 0 Å². The zero-order valence-electron chi connectivity index (χ0n) is 6.79. The summed E-state index contributed by atoms with van der Waals surface area (Å²) in [7, 11) is 1.60. The largest absolute Gasteiger partial charge is 0.465 e. The minimum Gasteiger partial charge on any atom is -0.465 e. The molecule has 0 aliphatic carbocycles. The first kappa shape index (κ1) is 9.27. The van der Waals surface area contributed by atoms with Crippen molar-refractivity contribution >= 4 is 6.09 Å². The standard InChI is InChI=1S/C7H15NO2/c1-4-5-6(2)8(3)7(9)10/h6H,4-5H2,1-3H3,(H,9,10). The molecule has 1 atom stereocenters. The monoisotopic (exact) mass is 145 g/mol. The van der Waals surface area contributed by atoms with Crippen molar-refractivity contribution in [2.75, 3.05) is 7.05 Å². The molecule has 1 unspecified atom stereocenters. The Hall–Kier alpha value is -0.730. The van der Waals surface area contributed by atoms with Crippen molar-refractivity contribution in [3.8, 4) is 0 Å². The number of hydrogen-bond donors (Lipinski definition) is 1. The number of carboxylic acid groups (broad SMARTS) is 1. The third-order valence-electron chi connectivity index (χ3n) is 1.67. The molecule has 0 bridgehead atoms. The Morgan fingerprint density at radius 2 is 2.20 bits per heavy atom. The van der Waals surface area contributed by atoms with E-state index < -0.39 is 6.09 Å². The van der Waals surface area contributed by atoms with E-state index in [9.17, 15) is 4.79 Å². The van der Waals surface area contributed by atoms with Crippen LogP contribution < -0.4 is 0 Å². The lowest BCUT2D eigenvalue weighted by atomic mass is 10.2. The van der Waals surface area contributed by atoms with Crippen LogP contribution >= 0.6 is 0 Å². The maximum atomic E-state index is 10.3. The molecule has 3 heteroatoms. The van der Waals surface area contributed by atoms with Crippen molar-refractivity contribution in [3.63, 3.8) is 0 Å². The maximum Gasteiger partial charge on any atom is 0.407 e. The zero-order valence-corrected chi connectivity index (χ0v) is 6.79. The average molecular weight is 145 g/mol. The summed E-state index contributed by atoms with van der Waals surface area (Å²) >= 11 is 0. The van der Waals surface area contributed by atoms with Gasteiger partial charge in [-0.1, -0.05) is 13.3 Å². The lowest BCUT2D eigenvalue weighted by Crippen LogP contribution is -2.33. The predicted octanol–water partition coefficient (Wildman–Crippen LogP) is 1.78. The lowest BCUT2D eigenvalue weighted by molar-refractivity contribution is 0.139. The predicted molar refractivity (Wildman–Crippen MR) is 40.2 cm³/mol.